The highest BCUT2D eigenvalue weighted by Gasteiger charge is 2.33. The van der Waals surface area contributed by atoms with Crippen LogP contribution in [-0.4, -0.2) is 22.6 Å². The Balaban J connectivity index is 1.88. The van der Waals surface area contributed by atoms with Crippen LogP contribution >= 0.6 is 35.0 Å². The molecule has 3 rings (SSSR count). The fourth-order valence-electron chi connectivity index (χ4n) is 2.14. The molecule has 1 aromatic carbocycles. The van der Waals surface area contributed by atoms with Gasteiger partial charge in [-0.3, -0.25) is 14.5 Å². The molecule has 0 aliphatic carbocycles. The van der Waals surface area contributed by atoms with E-state index in [0.717, 1.165) is 17.3 Å². The first-order chi connectivity index (χ1) is 11.0. The number of halogens is 2. The molecule has 1 saturated heterocycles. The molecule has 0 bridgehead atoms. The van der Waals surface area contributed by atoms with Gasteiger partial charge in [-0.25, -0.2) is 0 Å². The summed E-state index contributed by atoms with van der Waals surface area (Å²) in [5, 5.41) is 0.640. The molecule has 7 heteroatoms. The van der Waals surface area contributed by atoms with Crippen molar-refractivity contribution in [3.8, 4) is 11.3 Å². The van der Waals surface area contributed by atoms with E-state index in [0.29, 0.717) is 33.0 Å². The van der Waals surface area contributed by atoms with E-state index >= 15 is 0 Å². The summed E-state index contributed by atoms with van der Waals surface area (Å²) < 4.78 is 5.71. The van der Waals surface area contributed by atoms with Gasteiger partial charge in [0, 0.05) is 18.2 Å². The van der Waals surface area contributed by atoms with E-state index < -0.39 is 0 Å². The molecule has 0 unspecified atom stereocenters. The van der Waals surface area contributed by atoms with Gasteiger partial charge in [0.1, 0.15) is 11.5 Å². The van der Waals surface area contributed by atoms with Crippen molar-refractivity contribution >= 4 is 52.2 Å². The SMILES string of the molecule is CCN1C(=O)S/C(=C/c2ccc(-c3ccc(Cl)c(Cl)c3)o2)C1=O. The summed E-state index contributed by atoms with van der Waals surface area (Å²) in [7, 11) is 0. The summed E-state index contributed by atoms with van der Waals surface area (Å²) in [5.74, 6) is 0.798. The van der Waals surface area contributed by atoms with Crippen LogP contribution < -0.4 is 0 Å². The number of rotatable bonds is 3. The van der Waals surface area contributed by atoms with Crippen LogP contribution in [0.1, 0.15) is 12.7 Å². The number of carbonyl (C=O) groups is 2. The third-order valence-electron chi connectivity index (χ3n) is 3.29. The molecule has 1 aliphatic heterocycles. The number of nitrogens with zero attached hydrogens (tertiary/aromatic N) is 1. The maximum absolute atomic E-state index is 12.1. The first-order valence-electron chi connectivity index (χ1n) is 6.80. The van der Waals surface area contributed by atoms with Crippen LogP contribution in [0, 0.1) is 0 Å². The van der Waals surface area contributed by atoms with E-state index in [1.807, 2.05) is 0 Å². The molecule has 0 saturated carbocycles. The standard InChI is InChI=1S/C16H11Cl2NO3S/c1-2-19-15(20)14(23-16(19)21)8-10-4-6-13(22-10)9-3-5-11(17)12(18)7-9/h3-8H,2H2,1H3/b14-8+. The quantitative estimate of drug-likeness (QED) is 0.689. The van der Waals surface area contributed by atoms with Gasteiger partial charge >= 0.3 is 0 Å². The average molecular weight is 368 g/mol. The number of thioether (sulfide) groups is 1. The number of hydrogen-bond donors (Lipinski definition) is 0. The van der Waals surface area contributed by atoms with Crippen molar-refractivity contribution in [3.05, 3.63) is 51.0 Å². The van der Waals surface area contributed by atoms with Crippen LogP contribution in [0.3, 0.4) is 0 Å². The Bertz CT molecular complexity index is 828. The topological polar surface area (TPSA) is 50.5 Å². The van der Waals surface area contributed by atoms with Crippen molar-refractivity contribution in [2.75, 3.05) is 6.54 Å². The van der Waals surface area contributed by atoms with Crippen LogP contribution in [0.4, 0.5) is 4.79 Å². The molecule has 0 N–H and O–H groups in total. The number of hydrogen-bond acceptors (Lipinski definition) is 4. The van der Waals surface area contributed by atoms with Gasteiger partial charge < -0.3 is 4.42 Å². The van der Waals surface area contributed by atoms with Gasteiger partial charge in [0.15, 0.2) is 0 Å². The third kappa shape index (κ3) is 3.17. The first kappa shape index (κ1) is 16.2. The molecule has 4 nitrogen and oxygen atoms in total. The molecular weight excluding hydrogens is 357 g/mol. The Morgan fingerprint density at radius 1 is 1.17 bits per heavy atom. The Labute approximate surface area is 147 Å². The Hall–Kier alpha value is -1.69. The van der Waals surface area contributed by atoms with Crippen LogP contribution in [0.15, 0.2) is 39.7 Å². The summed E-state index contributed by atoms with van der Waals surface area (Å²) >= 11 is 12.8. The van der Waals surface area contributed by atoms with Crippen molar-refractivity contribution in [1.82, 2.24) is 4.90 Å². The average Bonchev–Trinajstić information content (AvgIpc) is 3.08. The molecule has 0 radical (unpaired) electrons. The first-order valence-corrected chi connectivity index (χ1v) is 8.37. The smallest absolute Gasteiger partial charge is 0.293 e. The lowest BCUT2D eigenvalue weighted by Crippen LogP contribution is -2.27. The minimum absolute atomic E-state index is 0.264. The van der Waals surface area contributed by atoms with Gasteiger partial charge in [-0.05, 0) is 49.0 Å². The largest absolute Gasteiger partial charge is 0.457 e. The number of furan rings is 1. The fraction of sp³-hybridized carbons (Fsp3) is 0.125. The van der Waals surface area contributed by atoms with E-state index in [4.69, 9.17) is 27.6 Å². The summed E-state index contributed by atoms with van der Waals surface area (Å²) in [5.41, 5.74) is 0.778. The van der Waals surface area contributed by atoms with Gasteiger partial charge in [-0.2, -0.15) is 0 Å². The van der Waals surface area contributed by atoms with Crippen LogP contribution in [0.5, 0.6) is 0 Å². The van der Waals surface area contributed by atoms with Crippen molar-refractivity contribution in [2.24, 2.45) is 0 Å². The van der Waals surface area contributed by atoms with Crippen molar-refractivity contribution in [3.63, 3.8) is 0 Å². The number of carbonyl (C=O) groups excluding carboxylic acids is 2. The van der Waals surface area contributed by atoms with E-state index in [9.17, 15) is 9.59 Å². The third-order valence-corrected chi connectivity index (χ3v) is 4.94. The van der Waals surface area contributed by atoms with Crippen molar-refractivity contribution in [2.45, 2.75) is 6.92 Å². The van der Waals surface area contributed by atoms with E-state index in [1.165, 1.54) is 4.90 Å². The number of amides is 2. The maximum atomic E-state index is 12.1. The van der Waals surface area contributed by atoms with Gasteiger partial charge in [-0.1, -0.05) is 23.2 Å². The van der Waals surface area contributed by atoms with Crippen molar-refractivity contribution in [1.29, 1.82) is 0 Å². The van der Waals surface area contributed by atoms with Crippen LogP contribution in [0.25, 0.3) is 17.4 Å². The molecule has 1 aromatic heterocycles. The molecule has 23 heavy (non-hydrogen) atoms. The lowest BCUT2D eigenvalue weighted by Gasteiger charge is -2.06. The molecule has 2 aromatic rings. The number of likely N-dealkylation sites (N-methyl/N-ethyl adjacent to an activating group) is 1. The van der Waals surface area contributed by atoms with Gasteiger partial charge in [0.05, 0.1) is 15.0 Å². The Morgan fingerprint density at radius 2 is 1.96 bits per heavy atom. The van der Waals surface area contributed by atoms with Gasteiger partial charge in [0.25, 0.3) is 11.1 Å². The molecule has 2 heterocycles. The lowest BCUT2D eigenvalue weighted by atomic mass is 10.2. The summed E-state index contributed by atoms with van der Waals surface area (Å²) in [4.78, 5) is 25.3. The Kier molecular flexibility index (Phi) is 4.53. The second-order valence-corrected chi connectivity index (χ2v) is 6.56. The zero-order valence-electron chi connectivity index (χ0n) is 12.0. The van der Waals surface area contributed by atoms with E-state index in [-0.39, 0.29) is 11.1 Å². The van der Waals surface area contributed by atoms with E-state index in [2.05, 4.69) is 0 Å². The molecule has 118 valence electrons. The molecule has 0 spiro atoms. The molecule has 1 fully saturated rings. The predicted octanol–water partition coefficient (Wildman–Crippen LogP) is 5.31. The summed E-state index contributed by atoms with van der Waals surface area (Å²) in [6.07, 6.45) is 1.57. The van der Waals surface area contributed by atoms with Gasteiger partial charge in [0.2, 0.25) is 0 Å². The van der Waals surface area contributed by atoms with Crippen molar-refractivity contribution < 1.29 is 14.0 Å². The monoisotopic (exact) mass is 367 g/mol. The Morgan fingerprint density at radius 3 is 2.61 bits per heavy atom. The predicted molar refractivity (Wildman–Crippen MR) is 92.5 cm³/mol. The van der Waals surface area contributed by atoms with E-state index in [1.54, 1.807) is 43.3 Å². The van der Waals surface area contributed by atoms with Crippen LogP contribution in [0.2, 0.25) is 10.0 Å². The number of imide groups is 1. The van der Waals surface area contributed by atoms with Gasteiger partial charge in [-0.15, -0.1) is 0 Å². The highest BCUT2D eigenvalue weighted by molar-refractivity contribution is 8.18. The molecule has 1 aliphatic rings. The minimum atomic E-state index is -0.296. The fourth-order valence-corrected chi connectivity index (χ4v) is 3.32. The second-order valence-electron chi connectivity index (χ2n) is 4.76. The zero-order chi connectivity index (χ0) is 16.6. The molecular formula is C16H11Cl2NO3S. The highest BCUT2D eigenvalue weighted by Crippen LogP contribution is 2.34. The van der Waals surface area contributed by atoms with Crippen LogP contribution in [-0.2, 0) is 4.79 Å². The zero-order valence-corrected chi connectivity index (χ0v) is 14.3. The number of benzene rings is 1. The summed E-state index contributed by atoms with van der Waals surface area (Å²) in [6.45, 7) is 2.11. The molecule has 0 atom stereocenters. The molecule has 2 amide bonds. The summed E-state index contributed by atoms with van der Waals surface area (Å²) in [6, 6.07) is 8.69. The second kappa shape index (κ2) is 6.43. The highest BCUT2D eigenvalue weighted by atomic mass is 35.5. The maximum Gasteiger partial charge on any atom is 0.293 e. The minimum Gasteiger partial charge on any atom is -0.457 e. The lowest BCUT2D eigenvalue weighted by molar-refractivity contribution is -0.122. The normalized spacial score (nSPS) is 16.7.